The molecule has 0 rings (SSSR count). The molecule has 72 valence electrons. The average molecular weight is 173 g/mol. The number of ether oxygens (including phenoxy) is 2. The van der Waals surface area contributed by atoms with Crippen molar-refractivity contribution < 1.29 is 9.47 Å². The Labute approximate surface area is 74.8 Å². The molecule has 0 saturated carbocycles. The van der Waals surface area contributed by atoms with Crippen molar-refractivity contribution in [1.82, 2.24) is 0 Å². The average Bonchev–Trinajstić information content (AvgIpc) is 2.10. The van der Waals surface area contributed by atoms with E-state index in [1.807, 2.05) is 6.21 Å². The number of hydrogen-bond acceptors (Lipinski definition) is 3. The minimum absolute atomic E-state index is 0.360. The number of rotatable bonds is 7. The number of hydrogen-bond donors (Lipinski definition) is 0. The van der Waals surface area contributed by atoms with Crippen LogP contribution in [0.4, 0.5) is 0 Å². The van der Waals surface area contributed by atoms with E-state index in [0.717, 1.165) is 13.0 Å². The summed E-state index contributed by atoms with van der Waals surface area (Å²) in [5.41, 5.74) is 0. The van der Waals surface area contributed by atoms with Crippen molar-refractivity contribution in [3.8, 4) is 0 Å². The normalized spacial score (nSPS) is 13.9. The number of aliphatic imine (C=N–C) groups is 1. The van der Waals surface area contributed by atoms with E-state index in [-0.39, 0.29) is 0 Å². The van der Waals surface area contributed by atoms with Crippen LogP contribution in [0.3, 0.4) is 0 Å². The molecule has 0 fully saturated rings. The molecule has 0 aliphatic heterocycles. The monoisotopic (exact) mass is 173 g/mol. The second-order valence-electron chi connectivity index (χ2n) is 2.76. The summed E-state index contributed by atoms with van der Waals surface area (Å²) >= 11 is 0. The summed E-state index contributed by atoms with van der Waals surface area (Å²) in [6.45, 7) is 6.03. The predicted octanol–water partition coefficient (Wildman–Crippen LogP) is 1.72. The summed E-state index contributed by atoms with van der Waals surface area (Å²) in [6.07, 6.45) is 3.12. The molecule has 0 aromatic rings. The first-order valence-electron chi connectivity index (χ1n) is 4.37. The third-order valence-electron chi connectivity index (χ3n) is 1.57. The molecule has 0 radical (unpaired) electrons. The first-order valence-corrected chi connectivity index (χ1v) is 4.37. The molecule has 0 aliphatic rings. The van der Waals surface area contributed by atoms with E-state index in [1.165, 1.54) is 0 Å². The van der Waals surface area contributed by atoms with Crippen molar-refractivity contribution in [2.45, 2.75) is 20.3 Å². The van der Waals surface area contributed by atoms with Crippen LogP contribution in [-0.4, -0.2) is 33.3 Å². The zero-order chi connectivity index (χ0) is 9.23. The molecule has 0 amide bonds. The van der Waals surface area contributed by atoms with Gasteiger partial charge in [-0.1, -0.05) is 13.8 Å². The zero-order valence-corrected chi connectivity index (χ0v) is 8.25. The third kappa shape index (κ3) is 7.69. The molecule has 3 heteroatoms. The van der Waals surface area contributed by atoms with Gasteiger partial charge in [-0.05, 0) is 12.3 Å². The Bertz CT molecular complexity index is 115. The van der Waals surface area contributed by atoms with Crippen LogP contribution in [0, 0.1) is 5.92 Å². The molecule has 0 saturated heterocycles. The van der Waals surface area contributed by atoms with Gasteiger partial charge in [0.05, 0.1) is 13.2 Å². The fourth-order valence-corrected chi connectivity index (χ4v) is 0.619. The smallest absolute Gasteiger partial charge is 0.146 e. The highest BCUT2D eigenvalue weighted by atomic mass is 16.7. The summed E-state index contributed by atoms with van der Waals surface area (Å²) < 4.78 is 9.78. The molecule has 0 bridgehead atoms. The molecule has 0 aliphatic carbocycles. The minimum atomic E-state index is 0.360. The Morgan fingerprint density at radius 1 is 1.50 bits per heavy atom. The lowest BCUT2D eigenvalue weighted by Crippen LogP contribution is -2.02. The SMILES string of the molecule is CCC(C)C=NCCOCOC. The van der Waals surface area contributed by atoms with Crippen molar-refractivity contribution in [2.24, 2.45) is 10.9 Å². The third-order valence-corrected chi connectivity index (χ3v) is 1.57. The highest BCUT2D eigenvalue weighted by molar-refractivity contribution is 5.59. The molecule has 0 N–H and O–H groups in total. The van der Waals surface area contributed by atoms with E-state index in [9.17, 15) is 0 Å². The Morgan fingerprint density at radius 2 is 2.25 bits per heavy atom. The molecule has 3 nitrogen and oxygen atoms in total. The number of nitrogens with zero attached hydrogens (tertiary/aromatic N) is 1. The Hall–Kier alpha value is -0.410. The molecule has 0 aromatic carbocycles. The standard InChI is InChI=1S/C9H19NO2/c1-4-9(2)7-10-5-6-12-8-11-3/h7,9H,4-6,8H2,1-3H3. The largest absolute Gasteiger partial charge is 0.359 e. The van der Waals surface area contributed by atoms with E-state index in [0.29, 0.717) is 19.3 Å². The molecule has 0 aromatic heterocycles. The van der Waals surface area contributed by atoms with Crippen molar-refractivity contribution in [2.75, 3.05) is 27.1 Å². The van der Waals surface area contributed by atoms with Crippen molar-refractivity contribution >= 4 is 6.21 Å². The second-order valence-corrected chi connectivity index (χ2v) is 2.76. The van der Waals surface area contributed by atoms with Gasteiger partial charge in [0, 0.05) is 13.3 Å². The van der Waals surface area contributed by atoms with Gasteiger partial charge < -0.3 is 9.47 Å². The fourth-order valence-electron chi connectivity index (χ4n) is 0.619. The van der Waals surface area contributed by atoms with Crippen LogP contribution in [0.15, 0.2) is 4.99 Å². The van der Waals surface area contributed by atoms with Crippen LogP contribution in [0.5, 0.6) is 0 Å². The quantitative estimate of drug-likeness (QED) is 0.333. The van der Waals surface area contributed by atoms with Crippen LogP contribution < -0.4 is 0 Å². The first kappa shape index (κ1) is 11.6. The van der Waals surface area contributed by atoms with Gasteiger partial charge in [0.1, 0.15) is 6.79 Å². The molecule has 0 spiro atoms. The molecular weight excluding hydrogens is 154 g/mol. The van der Waals surface area contributed by atoms with E-state index in [2.05, 4.69) is 18.8 Å². The first-order chi connectivity index (χ1) is 5.81. The van der Waals surface area contributed by atoms with Gasteiger partial charge in [0.25, 0.3) is 0 Å². The van der Waals surface area contributed by atoms with Crippen LogP contribution >= 0.6 is 0 Å². The Morgan fingerprint density at radius 3 is 2.83 bits per heavy atom. The van der Waals surface area contributed by atoms with Gasteiger partial charge in [-0.25, -0.2) is 0 Å². The lowest BCUT2D eigenvalue weighted by molar-refractivity contribution is -0.0270. The summed E-state index contributed by atoms with van der Waals surface area (Å²) in [4.78, 5) is 4.21. The van der Waals surface area contributed by atoms with E-state index in [4.69, 9.17) is 9.47 Å². The van der Waals surface area contributed by atoms with Crippen molar-refractivity contribution in [3.05, 3.63) is 0 Å². The topological polar surface area (TPSA) is 30.8 Å². The van der Waals surface area contributed by atoms with E-state index >= 15 is 0 Å². The molecule has 12 heavy (non-hydrogen) atoms. The van der Waals surface area contributed by atoms with Crippen LogP contribution in [0.1, 0.15) is 20.3 Å². The summed E-state index contributed by atoms with van der Waals surface area (Å²) in [7, 11) is 1.61. The van der Waals surface area contributed by atoms with Gasteiger partial charge in [-0.15, -0.1) is 0 Å². The van der Waals surface area contributed by atoms with E-state index < -0.39 is 0 Å². The summed E-state index contributed by atoms with van der Waals surface area (Å²) in [6, 6.07) is 0. The Kier molecular flexibility index (Phi) is 8.39. The zero-order valence-electron chi connectivity index (χ0n) is 8.25. The maximum absolute atomic E-state index is 5.06. The minimum Gasteiger partial charge on any atom is -0.359 e. The van der Waals surface area contributed by atoms with Crippen molar-refractivity contribution in [3.63, 3.8) is 0 Å². The summed E-state index contributed by atoms with van der Waals surface area (Å²) in [5, 5.41) is 0. The second kappa shape index (κ2) is 8.68. The maximum atomic E-state index is 5.06. The predicted molar refractivity (Wildman–Crippen MR) is 50.6 cm³/mol. The van der Waals surface area contributed by atoms with E-state index in [1.54, 1.807) is 7.11 Å². The fraction of sp³-hybridized carbons (Fsp3) is 0.889. The number of methoxy groups -OCH3 is 1. The van der Waals surface area contributed by atoms with Gasteiger partial charge >= 0.3 is 0 Å². The highest BCUT2D eigenvalue weighted by Crippen LogP contribution is 1.94. The Balaban J connectivity index is 3.12. The van der Waals surface area contributed by atoms with Crippen LogP contribution in [0.25, 0.3) is 0 Å². The van der Waals surface area contributed by atoms with Gasteiger partial charge in [-0.2, -0.15) is 0 Å². The summed E-state index contributed by atoms with van der Waals surface area (Å²) in [5.74, 6) is 0.576. The highest BCUT2D eigenvalue weighted by Gasteiger charge is 1.90. The van der Waals surface area contributed by atoms with Gasteiger partial charge in [-0.3, -0.25) is 4.99 Å². The van der Waals surface area contributed by atoms with Crippen LogP contribution in [-0.2, 0) is 9.47 Å². The van der Waals surface area contributed by atoms with Crippen LogP contribution in [0.2, 0.25) is 0 Å². The van der Waals surface area contributed by atoms with Crippen molar-refractivity contribution in [1.29, 1.82) is 0 Å². The van der Waals surface area contributed by atoms with Gasteiger partial charge in [0.2, 0.25) is 0 Å². The lowest BCUT2D eigenvalue weighted by Gasteiger charge is -2.00. The van der Waals surface area contributed by atoms with Gasteiger partial charge in [0.15, 0.2) is 0 Å². The molecule has 0 heterocycles. The molecule has 1 unspecified atom stereocenters. The molecular formula is C9H19NO2. The lowest BCUT2D eigenvalue weighted by atomic mass is 10.1. The maximum Gasteiger partial charge on any atom is 0.146 e. The molecule has 1 atom stereocenters.